The second kappa shape index (κ2) is 8.93. The number of nitrogens with one attached hydrogen (secondary N) is 1. The Morgan fingerprint density at radius 3 is 2.71 bits per heavy atom. The van der Waals surface area contributed by atoms with Crippen LogP contribution >= 0.6 is 0 Å². The molecular weight excluding hydrogens is 208 g/mol. The van der Waals surface area contributed by atoms with E-state index in [1.54, 1.807) is 0 Å². The second-order valence-electron chi connectivity index (χ2n) is 5.63. The lowest BCUT2D eigenvalue weighted by atomic mass is 10.1. The first-order chi connectivity index (χ1) is 8.26. The summed E-state index contributed by atoms with van der Waals surface area (Å²) in [5, 5.41) is 3.84. The van der Waals surface area contributed by atoms with Crippen LogP contribution in [0.2, 0.25) is 0 Å². The van der Waals surface area contributed by atoms with Gasteiger partial charge in [0.15, 0.2) is 0 Å². The molecule has 0 radical (unpaired) electrons. The quantitative estimate of drug-likeness (QED) is 0.686. The molecule has 1 N–H and O–H groups in total. The summed E-state index contributed by atoms with van der Waals surface area (Å²) in [6.07, 6.45) is 9.54. The fraction of sp³-hybridized carbons (Fsp3) is 1.00. The standard InChI is InChI=1S/C15H32N2/c1-4-6-7-9-14(3)16-15-10-8-12-17(5-2)13-11-15/h14-16H,4-13H2,1-3H3. The highest BCUT2D eigenvalue weighted by molar-refractivity contribution is 4.77. The van der Waals surface area contributed by atoms with Gasteiger partial charge in [0.2, 0.25) is 0 Å². The van der Waals surface area contributed by atoms with E-state index in [-0.39, 0.29) is 0 Å². The number of hydrogen-bond donors (Lipinski definition) is 1. The minimum Gasteiger partial charge on any atom is -0.311 e. The Bertz CT molecular complexity index is 182. The minimum atomic E-state index is 0.708. The molecule has 0 spiro atoms. The molecule has 0 aromatic carbocycles. The number of hydrogen-bond acceptors (Lipinski definition) is 2. The summed E-state index contributed by atoms with van der Waals surface area (Å²) >= 11 is 0. The number of nitrogens with zero attached hydrogens (tertiary/aromatic N) is 1. The van der Waals surface area contributed by atoms with Crippen molar-refractivity contribution in [3.05, 3.63) is 0 Å². The van der Waals surface area contributed by atoms with Crippen LogP contribution in [-0.4, -0.2) is 36.6 Å². The zero-order chi connectivity index (χ0) is 12.5. The Labute approximate surface area is 108 Å². The maximum atomic E-state index is 3.84. The summed E-state index contributed by atoms with van der Waals surface area (Å²) in [7, 11) is 0. The number of unbranched alkanes of at least 4 members (excludes halogenated alkanes) is 2. The van der Waals surface area contributed by atoms with Crippen molar-refractivity contribution >= 4 is 0 Å². The second-order valence-corrected chi connectivity index (χ2v) is 5.63. The van der Waals surface area contributed by atoms with Gasteiger partial charge in [-0.05, 0) is 52.2 Å². The van der Waals surface area contributed by atoms with E-state index in [1.807, 2.05) is 0 Å². The van der Waals surface area contributed by atoms with E-state index in [2.05, 4.69) is 31.0 Å². The van der Waals surface area contributed by atoms with Gasteiger partial charge in [0.05, 0.1) is 0 Å². The SMILES string of the molecule is CCCCCC(C)NC1CCCN(CC)CC1. The molecule has 17 heavy (non-hydrogen) atoms. The van der Waals surface area contributed by atoms with Crippen molar-refractivity contribution in [2.75, 3.05) is 19.6 Å². The van der Waals surface area contributed by atoms with Gasteiger partial charge in [-0.15, -0.1) is 0 Å². The first-order valence-electron chi connectivity index (χ1n) is 7.74. The van der Waals surface area contributed by atoms with Crippen molar-refractivity contribution in [3.63, 3.8) is 0 Å². The van der Waals surface area contributed by atoms with Crippen LogP contribution in [0, 0.1) is 0 Å². The third-order valence-electron chi connectivity index (χ3n) is 4.03. The topological polar surface area (TPSA) is 15.3 Å². The molecule has 1 saturated heterocycles. The average molecular weight is 240 g/mol. The van der Waals surface area contributed by atoms with Crippen LogP contribution < -0.4 is 5.32 Å². The summed E-state index contributed by atoms with van der Waals surface area (Å²) in [4.78, 5) is 2.59. The summed E-state index contributed by atoms with van der Waals surface area (Å²) in [6.45, 7) is 10.7. The smallest absolute Gasteiger partial charge is 0.00821 e. The Kier molecular flexibility index (Phi) is 7.87. The molecule has 0 amide bonds. The van der Waals surface area contributed by atoms with Crippen molar-refractivity contribution in [1.82, 2.24) is 10.2 Å². The van der Waals surface area contributed by atoms with E-state index in [4.69, 9.17) is 0 Å². The Morgan fingerprint density at radius 2 is 2.00 bits per heavy atom. The minimum absolute atomic E-state index is 0.708. The molecule has 1 fully saturated rings. The van der Waals surface area contributed by atoms with E-state index < -0.39 is 0 Å². The van der Waals surface area contributed by atoms with Gasteiger partial charge in [0.25, 0.3) is 0 Å². The molecule has 2 unspecified atom stereocenters. The van der Waals surface area contributed by atoms with E-state index >= 15 is 0 Å². The van der Waals surface area contributed by atoms with Crippen LogP contribution in [0.4, 0.5) is 0 Å². The largest absolute Gasteiger partial charge is 0.311 e. The highest BCUT2D eigenvalue weighted by Crippen LogP contribution is 2.13. The molecule has 0 aliphatic carbocycles. The number of likely N-dealkylation sites (tertiary alicyclic amines) is 1. The lowest BCUT2D eigenvalue weighted by Crippen LogP contribution is -2.37. The fourth-order valence-electron chi connectivity index (χ4n) is 2.82. The molecule has 1 aliphatic rings. The average Bonchev–Trinajstić information content (AvgIpc) is 2.54. The molecule has 0 aromatic rings. The third-order valence-corrected chi connectivity index (χ3v) is 4.03. The summed E-state index contributed by atoms with van der Waals surface area (Å²) in [5.74, 6) is 0. The predicted molar refractivity (Wildman–Crippen MR) is 76.5 cm³/mol. The molecule has 2 atom stereocenters. The molecule has 102 valence electrons. The van der Waals surface area contributed by atoms with Crippen LogP contribution in [0.1, 0.15) is 65.7 Å². The van der Waals surface area contributed by atoms with Crippen molar-refractivity contribution in [1.29, 1.82) is 0 Å². The van der Waals surface area contributed by atoms with Gasteiger partial charge in [0.1, 0.15) is 0 Å². The van der Waals surface area contributed by atoms with Crippen molar-refractivity contribution in [2.24, 2.45) is 0 Å². The van der Waals surface area contributed by atoms with E-state index in [0.29, 0.717) is 6.04 Å². The molecule has 2 nitrogen and oxygen atoms in total. The zero-order valence-corrected chi connectivity index (χ0v) is 12.2. The van der Waals surface area contributed by atoms with Crippen LogP contribution in [0.15, 0.2) is 0 Å². The maximum Gasteiger partial charge on any atom is 0.00821 e. The van der Waals surface area contributed by atoms with Gasteiger partial charge in [-0.2, -0.15) is 0 Å². The Hall–Kier alpha value is -0.0800. The lowest BCUT2D eigenvalue weighted by molar-refractivity contribution is 0.295. The molecule has 1 rings (SSSR count). The molecule has 0 saturated carbocycles. The van der Waals surface area contributed by atoms with E-state index in [0.717, 1.165) is 6.04 Å². The van der Waals surface area contributed by atoms with Gasteiger partial charge in [0, 0.05) is 12.1 Å². The fourth-order valence-corrected chi connectivity index (χ4v) is 2.82. The molecule has 2 heteroatoms. The van der Waals surface area contributed by atoms with Gasteiger partial charge >= 0.3 is 0 Å². The Morgan fingerprint density at radius 1 is 1.18 bits per heavy atom. The monoisotopic (exact) mass is 240 g/mol. The third kappa shape index (κ3) is 6.42. The maximum absolute atomic E-state index is 3.84. The first-order valence-corrected chi connectivity index (χ1v) is 7.74. The summed E-state index contributed by atoms with van der Waals surface area (Å²) in [6, 6.07) is 1.47. The van der Waals surface area contributed by atoms with Crippen LogP contribution in [0.3, 0.4) is 0 Å². The lowest BCUT2D eigenvalue weighted by Gasteiger charge is -2.22. The normalized spacial score (nSPS) is 24.5. The van der Waals surface area contributed by atoms with Crippen LogP contribution in [-0.2, 0) is 0 Å². The van der Waals surface area contributed by atoms with E-state index in [9.17, 15) is 0 Å². The summed E-state index contributed by atoms with van der Waals surface area (Å²) in [5.41, 5.74) is 0. The highest BCUT2D eigenvalue weighted by atomic mass is 15.1. The molecule has 1 heterocycles. The molecular formula is C15H32N2. The van der Waals surface area contributed by atoms with Crippen molar-refractivity contribution in [2.45, 2.75) is 77.8 Å². The molecule has 0 bridgehead atoms. The van der Waals surface area contributed by atoms with Gasteiger partial charge in [-0.1, -0.05) is 33.1 Å². The highest BCUT2D eigenvalue weighted by Gasteiger charge is 2.17. The molecule has 1 aliphatic heterocycles. The van der Waals surface area contributed by atoms with Crippen molar-refractivity contribution in [3.8, 4) is 0 Å². The van der Waals surface area contributed by atoms with Gasteiger partial charge in [-0.25, -0.2) is 0 Å². The summed E-state index contributed by atoms with van der Waals surface area (Å²) < 4.78 is 0. The number of rotatable bonds is 7. The van der Waals surface area contributed by atoms with E-state index in [1.165, 1.54) is 64.6 Å². The van der Waals surface area contributed by atoms with Crippen LogP contribution in [0.25, 0.3) is 0 Å². The van der Waals surface area contributed by atoms with Crippen molar-refractivity contribution < 1.29 is 0 Å². The Balaban J connectivity index is 2.17. The molecule has 0 aromatic heterocycles. The zero-order valence-electron chi connectivity index (χ0n) is 12.2. The van der Waals surface area contributed by atoms with Gasteiger partial charge in [-0.3, -0.25) is 0 Å². The van der Waals surface area contributed by atoms with Gasteiger partial charge < -0.3 is 10.2 Å². The predicted octanol–water partition coefficient (Wildman–Crippen LogP) is 3.42. The van der Waals surface area contributed by atoms with Crippen LogP contribution in [0.5, 0.6) is 0 Å². The first kappa shape index (κ1) is 15.0.